The van der Waals surface area contributed by atoms with Crippen LogP contribution in [0, 0.1) is 5.92 Å². The molecule has 2 heteroatoms. The Kier molecular flexibility index (Phi) is 3.52. The molecule has 0 spiro atoms. The minimum atomic E-state index is -0.643. The highest BCUT2D eigenvalue weighted by Gasteiger charge is 2.44. The monoisotopic (exact) mass is 248 g/mol. The lowest BCUT2D eigenvalue weighted by atomic mass is 9.76. The van der Waals surface area contributed by atoms with Crippen LogP contribution < -0.4 is 4.90 Å². The molecular weight excluding hydrogens is 222 g/mol. The van der Waals surface area contributed by atoms with E-state index in [0.717, 1.165) is 25.1 Å². The third-order valence-corrected chi connectivity index (χ3v) is 4.51. The third kappa shape index (κ3) is 2.45. The molecule has 2 N–H and O–H groups in total. The summed E-state index contributed by atoms with van der Waals surface area (Å²) in [5.74, 6) is 0.294. The molecule has 1 aliphatic rings. The van der Waals surface area contributed by atoms with Crippen LogP contribution in [0.3, 0.4) is 0 Å². The average molecular weight is 248 g/mol. The van der Waals surface area contributed by atoms with Gasteiger partial charge >= 0.3 is 0 Å². The number of benzene rings is 1. The van der Waals surface area contributed by atoms with E-state index < -0.39 is 5.60 Å². The average Bonchev–Trinajstić information content (AvgIpc) is 2.32. The second-order valence-corrected chi connectivity index (χ2v) is 6.75. The predicted molar refractivity (Wildman–Crippen MR) is 74.6 cm³/mol. The first-order chi connectivity index (χ1) is 8.34. The van der Waals surface area contributed by atoms with Gasteiger partial charge in [-0.3, -0.25) is 0 Å². The van der Waals surface area contributed by atoms with Crippen molar-refractivity contribution in [2.45, 2.75) is 45.3 Å². The lowest BCUT2D eigenvalue weighted by molar-refractivity contribution is -0.957. The van der Waals surface area contributed by atoms with Crippen molar-refractivity contribution < 1.29 is 10.0 Å². The summed E-state index contributed by atoms with van der Waals surface area (Å²) in [5.41, 5.74) is 0.702. The molecule has 3 atom stereocenters. The highest BCUT2D eigenvalue weighted by molar-refractivity contribution is 5.23. The molecule has 0 radical (unpaired) electrons. The number of hydrogen-bond acceptors (Lipinski definition) is 1. The van der Waals surface area contributed by atoms with Crippen molar-refractivity contribution in [3.63, 3.8) is 0 Å². The maximum absolute atomic E-state index is 11.0. The smallest absolute Gasteiger partial charge is 0.103 e. The van der Waals surface area contributed by atoms with Gasteiger partial charge in [-0.2, -0.15) is 0 Å². The van der Waals surface area contributed by atoms with Gasteiger partial charge in [0, 0.05) is 12.3 Å². The van der Waals surface area contributed by atoms with E-state index in [4.69, 9.17) is 0 Å². The Bertz CT molecular complexity index is 395. The minimum Gasteiger partial charge on any atom is -0.384 e. The molecule has 1 heterocycles. The zero-order chi connectivity index (χ0) is 13.4. The van der Waals surface area contributed by atoms with Crippen molar-refractivity contribution >= 4 is 0 Å². The molecule has 0 saturated carbocycles. The zero-order valence-corrected chi connectivity index (χ0v) is 12.0. The summed E-state index contributed by atoms with van der Waals surface area (Å²) in [7, 11) is 0. The summed E-state index contributed by atoms with van der Waals surface area (Å²) in [6.45, 7) is 11.1. The molecule has 2 rings (SSSR count). The molecule has 0 aromatic heterocycles. The number of likely N-dealkylation sites (tertiary alicyclic amines) is 1. The summed E-state index contributed by atoms with van der Waals surface area (Å²) >= 11 is 0. The van der Waals surface area contributed by atoms with Gasteiger partial charge in [0.05, 0.1) is 18.6 Å². The van der Waals surface area contributed by atoms with Crippen LogP contribution in [0.25, 0.3) is 0 Å². The van der Waals surface area contributed by atoms with Crippen LogP contribution in [-0.4, -0.2) is 23.7 Å². The Morgan fingerprint density at radius 1 is 1.22 bits per heavy atom. The SMILES string of the molecule is C[C@H]1C[NH+](C(C)(C)C)CC[C@]1(O)c1ccccc1. The van der Waals surface area contributed by atoms with Crippen LogP contribution >= 0.6 is 0 Å². The molecule has 2 nitrogen and oxygen atoms in total. The number of hydrogen-bond donors (Lipinski definition) is 2. The maximum Gasteiger partial charge on any atom is 0.103 e. The van der Waals surface area contributed by atoms with E-state index in [9.17, 15) is 5.11 Å². The molecular formula is C16H26NO+. The Balaban J connectivity index is 2.19. The number of nitrogens with one attached hydrogen (secondary N) is 1. The number of aliphatic hydroxyl groups is 1. The lowest BCUT2D eigenvalue weighted by Crippen LogP contribution is -3.20. The van der Waals surface area contributed by atoms with Crippen molar-refractivity contribution in [2.75, 3.05) is 13.1 Å². The highest BCUT2D eigenvalue weighted by atomic mass is 16.3. The van der Waals surface area contributed by atoms with Gasteiger partial charge in [0.25, 0.3) is 0 Å². The van der Waals surface area contributed by atoms with Gasteiger partial charge in [0.1, 0.15) is 5.60 Å². The van der Waals surface area contributed by atoms with Crippen molar-refractivity contribution in [1.29, 1.82) is 0 Å². The highest BCUT2D eigenvalue weighted by Crippen LogP contribution is 2.33. The molecule has 1 unspecified atom stereocenters. The van der Waals surface area contributed by atoms with Gasteiger partial charge in [-0.1, -0.05) is 37.3 Å². The van der Waals surface area contributed by atoms with Crippen LogP contribution in [0.4, 0.5) is 0 Å². The van der Waals surface area contributed by atoms with Gasteiger partial charge in [0.2, 0.25) is 0 Å². The number of quaternary nitrogens is 1. The second-order valence-electron chi connectivity index (χ2n) is 6.75. The van der Waals surface area contributed by atoms with Crippen LogP contribution in [0.2, 0.25) is 0 Å². The Hall–Kier alpha value is -0.860. The van der Waals surface area contributed by atoms with E-state index in [1.165, 1.54) is 0 Å². The van der Waals surface area contributed by atoms with Gasteiger partial charge in [-0.15, -0.1) is 0 Å². The standard InChI is InChI=1S/C16H25NO/c1-13-12-17(15(2,3)4)11-10-16(13,18)14-8-6-5-7-9-14/h5-9,13,18H,10-12H2,1-4H3/p+1/t13-,16+/m0/s1. The van der Waals surface area contributed by atoms with Gasteiger partial charge < -0.3 is 10.0 Å². The normalized spacial score (nSPS) is 33.4. The number of rotatable bonds is 1. The van der Waals surface area contributed by atoms with Crippen LogP contribution in [0.15, 0.2) is 30.3 Å². The summed E-state index contributed by atoms with van der Waals surface area (Å²) in [4.78, 5) is 1.59. The van der Waals surface area contributed by atoms with E-state index in [1.54, 1.807) is 4.90 Å². The molecule has 0 bridgehead atoms. The van der Waals surface area contributed by atoms with Gasteiger partial charge in [-0.25, -0.2) is 0 Å². The topological polar surface area (TPSA) is 24.7 Å². The summed E-state index contributed by atoms with van der Waals surface area (Å²) in [6.07, 6.45) is 0.852. The fourth-order valence-corrected chi connectivity index (χ4v) is 3.07. The summed E-state index contributed by atoms with van der Waals surface area (Å²) in [6, 6.07) is 10.1. The van der Waals surface area contributed by atoms with Gasteiger partial charge in [-0.05, 0) is 26.3 Å². The Labute approximate surface area is 111 Å². The molecule has 0 amide bonds. The first-order valence-corrected chi connectivity index (χ1v) is 6.97. The Morgan fingerprint density at radius 3 is 2.33 bits per heavy atom. The van der Waals surface area contributed by atoms with E-state index in [0.29, 0.717) is 5.92 Å². The molecule has 100 valence electrons. The molecule has 1 fully saturated rings. The largest absolute Gasteiger partial charge is 0.384 e. The Morgan fingerprint density at radius 2 is 1.83 bits per heavy atom. The second kappa shape index (κ2) is 4.67. The molecule has 1 aliphatic heterocycles. The fourth-order valence-electron chi connectivity index (χ4n) is 3.07. The van der Waals surface area contributed by atoms with Crippen LogP contribution in [-0.2, 0) is 5.60 Å². The van der Waals surface area contributed by atoms with E-state index in [2.05, 4.69) is 39.8 Å². The van der Waals surface area contributed by atoms with E-state index >= 15 is 0 Å². The first kappa shape index (κ1) is 13.6. The van der Waals surface area contributed by atoms with Crippen LogP contribution in [0.5, 0.6) is 0 Å². The fraction of sp³-hybridized carbons (Fsp3) is 0.625. The van der Waals surface area contributed by atoms with E-state index in [1.807, 2.05) is 18.2 Å². The summed E-state index contributed by atoms with van der Waals surface area (Å²) < 4.78 is 0. The molecule has 18 heavy (non-hydrogen) atoms. The maximum atomic E-state index is 11.0. The van der Waals surface area contributed by atoms with E-state index in [-0.39, 0.29) is 5.54 Å². The first-order valence-electron chi connectivity index (χ1n) is 6.97. The van der Waals surface area contributed by atoms with Crippen molar-refractivity contribution in [2.24, 2.45) is 5.92 Å². The van der Waals surface area contributed by atoms with Gasteiger partial charge in [0.15, 0.2) is 0 Å². The molecule has 1 aromatic carbocycles. The quantitative estimate of drug-likeness (QED) is 0.775. The molecule has 1 saturated heterocycles. The lowest BCUT2D eigenvalue weighted by Gasteiger charge is -2.45. The molecule has 0 aliphatic carbocycles. The van der Waals surface area contributed by atoms with Crippen molar-refractivity contribution in [1.82, 2.24) is 0 Å². The van der Waals surface area contributed by atoms with Crippen LogP contribution in [0.1, 0.15) is 39.7 Å². The number of piperidine rings is 1. The molecule has 1 aromatic rings. The van der Waals surface area contributed by atoms with Crippen molar-refractivity contribution in [3.05, 3.63) is 35.9 Å². The minimum absolute atomic E-state index is 0.270. The predicted octanol–water partition coefficient (Wildman–Crippen LogP) is 1.60. The zero-order valence-electron chi connectivity index (χ0n) is 12.0. The summed E-state index contributed by atoms with van der Waals surface area (Å²) in [5, 5.41) is 11.0. The van der Waals surface area contributed by atoms with Crippen molar-refractivity contribution in [3.8, 4) is 0 Å². The third-order valence-electron chi connectivity index (χ3n) is 4.51.